The highest BCUT2D eigenvalue weighted by Gasteiger charge is 2.24. The summed E-state index contributed by atoms with van der Waals surface area (Å²) < 4.78 is 0. The average Bonchev–Trinajstić information content (AvgIpc) is 2.95. The fraction of sp³-hybridized carbons (Fsp3) is 0.667. The number of nitrogens with zero attached hydrogens (tertiary/aromatic N) is 1. The molecule has 1 aliphatic rings. The van der Waals surface area contributed by atoms with Crippen molar-refractivity contribution in [1.29, 1.82) is 0 Å². The molecule has 1 aliphatic carbocycles. The van der Waals surface area contributed by atoms with Crippen molar-refractivity contribution in [3.8, 4) is 0 Å². The molecular formula is C18H30N2. The van der Waals surface area contributed by atoms with Gasteiger partial charge in [-0.1, -0.05) is 44.9 Å². The van der Waals surface area contributed by atoms with Gasteiger partial charge in [-0.2, -0.15) is 0 Å². The maximum atomic E-state index is 3.31. The summed E-state index contributed by atoms with van der Waals surface area (Å²) in [6.45, 7) is 6.81. The van der Waals surface area contributed by atoms with E-state index >= 15 is 0 Å². The minimum Gasteiger partial charge on any atom is -0.368 e. The van der Waals surface area contributed by atoms with Crippen molar-refractivity contribution in [2.45, 2.75) is 58.5 Å². The predicted octanol–water partition coefficient (Wildman–Crippen LogP) is 4.20. The average molecular weight is 274 g/mol. The van der Waals surface area contributed by atoms with Gasteiger partial charge in [0.2, 0.25) is 0 Å². The molecule has 20 heavy (non-hydrogen) atoms. The third-order valence-electron chi connectivity index (χ3n) is 4.38. The lowest BCUT2D eigenvalue weighted by atomic mass is 10.1. The molecule has 0 saturated heterocycles. The summed E-state index contributed by atoms with van der Waals surface area (Å²) in [6.07, 6.45) is 6.82. The Morgan fingerprint density at radius 3 is 2.55 bits per heavy atom. The second-order valence-corrected chi connectivity index (χ2v) is 6.47. The van der Waals surface area contributed by atoms with E-state index in [-0.39, 0.29) is 0 Å². The zero-order valence-corrected chi connectivity index (χ0v) is 13.4. The molecule has 1 saturated carbocycles. The molecule has 1 aromatic rings. The Kier molecular flexibility index (Phi) is 5.90. The van der Waals surface area contributed by atoms with Gasteiger partial charge in [0, 0.05) is 24.8 Å². The molecule has 1 N–H and O–H groups in total. The zero-order chi connectivity index (χ0) is 14.4. The van der Waals surface area contributed by atoms with Gasteiger partial charge in [-0.25, -0.2) is 0 Å². The van der Waals surface area contributed by atoms with Crippen molar-refractivity contribution in [2.24, 2.45) is 5.92 Å². The van der Waals surface area contributed by atoms with Crippen LogP contribution in [0.4, 0.5) is 5.69 Å². The van der Waals surface area contributed by atoms with Crippen molar-refractivity contribution < 1.29 is 0 Å². The zero-order valence-electron chi connectivity index (χ0n) is 13.4. The van der Waals surface area contributed by atoms with Crippen LogP contribution < -0.4 is 10.2 Å². The van der Waals surface area contributed by atoms with Gasteiger partial charge in [0.15, 0.2) is 0 Å². The number of hydrogen-bond donors (Lipinski definition) is 1. The molecule has 0 spiro atoms. The first-order valence-electron chi connectivity index (χ1n) is 8.21. The lowest BCUT2D eigenvalue weighted by molar-refractivity contribution is 0.527. The first-order chi connectivity index (χ1) is 9.72. The van der Waals surface area contributed by atoms with E-state index in [1.54, 1.807) is 0 Å². The standard InChI is InChI=1S/C18H30N2/c1-15(2)12-13-20(17-9-5-6-10-17)18-11-7-4-8-16(18)14-19-3/h4,7-8,11,15,17,19H,5-6,9-10,12-14H2,1-3H3. The smallest absolute Gasteiger partial charge is 0.0414 e. The fourth-order valence-electron chi connectivity index (χ4n) is 3.24. The molecule has 112 valence electrons. The predicted molar refractivity (Wildman–Crippen MR) is 88.3 cm³/mol. The molecule has 1 fully saturated rings. The third kappa shape index (κ3) is 3.99. The summed E-state index contributed by atoms with van der Waals surface area (Å²) in [5, 5.41) is 3.31. The van der Waals surface area contributed by atoms with Crippen LogP contribution in [0.3, 0.4) is 0 Å². The number of anilines is 1. The van der Waals surface area contributed by atoms with E-state index in [9.17, 15) is 0 Å². The highest BCUT2D eigenvalue weighted by molar-refractivity contribution is 5.54. The second-order valence-electron chi connectivity index (χ2n) is 6.47. The Hall–Kier alpha value is -1.02. The van der Waals surface area contributed by atoms with Crippen molar-refractivity contribution in [2.75, 3.05) is 18.5 Å². The summed E-state index contributed by atoms with van der Waals surface area (Å²) in [5.74, 6) is 0.773. The van der Waals surface area contributed by atoms with E-state index in [1.807, 2.05) is 7.05 Å². The summed E-state index contributed by atoms with van der Waals surface area (Å²) in [6, 6.07) is 9.68. The van der Waals surface area contributed by atoms with Crippen molar-refractivity contribution in [3.63, 3.8) is 0 Å². The molecule has 2 heteroatoms. The molecule has 2 rings (SSSR count). The van der Waals surface area contributed by atoms with E-state index < -0.39 is 0 Å². The summed E-state index contributed by atoms with van der Waals surface area (Å²) >= 11 is 0. The van der Waals surface area contributed by atoms with Crippen molar-refractivity contribution in [3.05, 3.63) is 29.8 Å². The minimum absolute atomic E-state index is 0.756. The Morgan fingerprint density at radius 1 is 1.20 bits per heavy atom. The van der Waals surface area contributed by atoms with Gasteiger partial charge in [0.25, 0.3) is 0 Å². The normalized spacial score (nSPS) is 16.0. The maximum Gasteiger partial charge on any atom is 0.0414 e. The monoisotopic (exact) mass is 274 g/mol. The molecule has 0 atom stereocenters. The number of benzene rings is 1. The highest BCUT2D eigenvalue weighted by Crippen LogP contribution is 2.31. The number of rotatable bonds is 7. The maximum absolute atomic E-state index is 3.31. The van der Waals surface area contributed by atoms with E-state index in [0.29, 0.717) is 0 Å². The van der Waals surface area contributed by atoms with Gasteiger partial charge in [0.05, 0.1) is 0 Å². The van der Waals surface area contributed by atoms with Gasteiger partial charge in [0.1, 0.15) is 0 Å². The second kappa shape index (κ2) is 7.68. The Labute approximate surface area is 124 Å². The number of para-hydroxylation sites is 1. The van der Waals surface area contributed by atoms with E-state index in [0.717, 1.165) is 18.5 Å². The molecule has 0 unspecified atom stereocenters. The molecule has 0 amide bonds. The van der Waals surface area contributed by atoms with Crippen LogP contribution in [-0.2, 0) is 6.54 Å². The van der Waals surface area contributed by atoms with Gasteiger partial charge in [-0.15, -0.1) is 0 Å². The largest absolute Gasteiger partial charge is 0.368 e. The van der Waals surface area contributed by atoms with Gasteiger partial charge >= 0.3 is 0 Å². The Bertz CT molecular complexity index is 394. The SMILES string of the molecule is CNCc1ccccc1N(CCC(C)C)C1CCCC1. The van der Waals surface area contributed by atoms with Crippen LogP contribution in [0.2, 0.25) is 0 Å². The Morgan fingerprint density at radius 2 is 1.90 bits per heavy atom. The highest BCUT2D eigenvalue weighted by atomic mass is 15.2. The third-order valence-corrected chi connectivity index (χ3v) is 4.38. The molecule has 0 aliphatic heterocycles. The van der Waals surface area contributed by atoms with Crippen molar-refractivity contribution >= 4 is 5.69 Å². The van der Waals surface area contributed by atoms with Crippen LogP contribution in [0.5, 0.6) is 0 Å². The van der Waals surface area contributed by atoms with Crippen LogP contribution in [-0.4, -0.2) is 19.6 Å². The fourth-order valence-corrected chi connectivity index (χ4v) is 3.24. The van der Waals surface area contributed by atoms with Crippen LogP contribution in [0.25, 0.3) is 0 Å². The van der Waals surface area contributed by atoms with Crippen molar-refractivity contribution in [1.82, 2.24) is 5.32 Å². The summed E-state index contributed by atoms with van der Waals surface area (Å²) in [4.78, 5) is 2.69. The minimum atomic E-state index is 0.756. The first-order valence-corrected chi connectivity index (χ1v) is 8.21. The topological polar surface area (TPSA) is 15.3 Å². The lowest BCUT2D eigenvalue weighted by Gasteiger charge is -2.33. The molecule has 0 heterocycles. The van der Waals surface area contributed by atoms with Crippen LogP contribution in [0, 0.1) is 5.92 Å². The van der Waals surface area contributed by atoms with Crippen LogP contribution in [0.15, 0.2) is 24.3 Å². The van der Waals surface area contributed by atoms with E-state index in [1.165, 1.54) is 49.9 Å². The quantitative estimate of drug-likeness (QED) is 0.801. The molecule has 1 aromatic carbocycles. The Balaban J connectivity index is 2.20. The molecular weight excluding hydrogens is 244 g/mol. The van der Waals surface area contributed by atoms with Gasteiger partial charge in [-0.3, -0.25) is 0 Å². The van der Waals surface area contributed by atoms with Gasteiger partial charge < -0.3 is 10.2 Å². The molecule has 0 radical (unpaired) electrons. The summed E-state index contributed by atoms with van der Waals surface area (Å²) in [5.41, 5.74) is 2.89. The van der Waals surface area contributed by atoms with E-state index in [4.69, 9.17) is 0 Å². The molecule has 2 nitrogen and oxygen atoms in total. The number of hydrogen-bond acceptors (Lipinski definition) is 2. The first kappa shape index (κ1) is 15.4. The lowest BCUT2D eigenvalue weighted by Crippen LogP contribution is -2.35. The van der Waals surface area contributed by atoms with E-state index in [2.05, 4.69) is 48.3 Å². The van der Waals surface area contributed by atoms with Crippen LogP contribution in [0.1, 0.15) is 51.5 Å². The van der Waals surface area contributed by atoms with Gasteiger partial charge in [-0.05, 0) is 43.9 Å². The molecule has 0 bridgehead atoms. The molecule has 0 aromatic heterocycles. The summed E-state index contributed by atoms with van der Waals surface area (Å²) in [7, 11) is 2.03. The van der Waals surface area contributed by atoms with Crippen LogP contribution >= 0.6 is 0 Å². The number of nitrogens with one attached hydrogen (secondary N) is 1.